The SMILES string of the molecule is O=C(/C=C\c1nccs1)Nc1cccc(OCCn2ccnc2)c1. The van der Waals surface area contributed by atoms with Crippen molar-refractivity contribution >= 4 is 29.0 Å². The normalized spacial score (nSPS) is 10.8. The molecule has 0 spiro atoms. The lowest BCUT2D eigenvalue weighted by Gasteiger charge is -2.08. The molecule has 0 aliphatic heterocycles. The average molecular weight is 340 g/mol. The molecule has 122 valence electrons. The van der Waals surface area contributed by atoms with Gasteiger partial charge in [-0.15, -0.1) is 11.3 Å². The number of benzene rings is 1. The molecule has 0 fully saturated rings. The van der Waals surface area contributed by atoms with E-state index in [0.29, 0.717) is 24.6 Å². The summed E-state index contributed by atoms with van der Waals surface area (Å²) in [6.45, 7) is 1.24. The van der Waals surface area contributed by atoms with Crippen LogP contribution in [0.25, 0.3) is 6.08 Å². The number of aromatic nitrogens is 3. The van der Waals surface area contributed by atoms with Gasteiger partial charge in [0.25, 0.3) is 0 Å². The summed E-state index contributed by atoms with van der Waals surface area (Å²) in [5, 5.41) is 5.46. The van der Waals surface area contributed by atoms with Crippen molar-refractivity contribution in [2.45, 2.75) is 6.54 Å². The third kappa shape index (κ3) is 4.79. The zero-order valence-corrected chi connectivity index (χ0v) is 13.6. The van der Waals surface area contributed by atoms with Crippen LogP contribution in [-0.2, 0) is 11.3 Å². The van der Waals surface area contributed by atoms with E-state index in [1.165, 1.54) is 17.4 Å². The molecule has 0 atom stereocenters. The van der Waals surface area contributed by atoms with E-state index in [0.717, 1.165) is 5.01 Å². The van der Waals surface area contributed by atoms with Gasteiger partial charge in [-0.05, 0) is 18.2 Å². The molecule has 6 nitrogen and oxygen atoms in total. The molecule has 1 N–H and O–H groups in total. The monoisotopic (exact) mass is 340 g/mol. The molecule has 0 unspecified atom stereocenters. The van der Waals surface area contributed by atoms with Crippen molar-refractivity contribution < 1.29 is 9.53 Å². The fraction of sp³-hybridized carbons (Fsp3) is 0.118. The van der Waals surface area contributed by atoms with Gasteiger partial charge < -0.3 is 14.6 Å². The maximum atomic E-state index is 11.9. The van der Waals surface area contributed by atoms with Crippen LogP contribution in [0.4, 0.5) is 5.69 Å². The first kappa shape index (κ1) is 15.9. The van der Waals surface area contributed by atoms with Gasteiger partial charge in [-0.1, -0.05) is 6.07 Å². The van der Waals surface area contributed by atoms with Crippen LogP contribution in [0.3, 0.4) is 0 Å². The molecule has 0 saturated heterocycles. The molecule has 0 radical (unpaired) electrons. The van der Waals surface area contributed by atoms with Crippen LogP contribution in [0.15, 0.2) is 60.6 Å². The van der Waals surface area contributed by atoms with E-state index >= 15 is 0 Å². The summed E-state index contributed by atoms with van der Waals surface area (Å²) in [4.78, 5) is 20.0. The molecule has 0 aliphatic carbocycles. The summed E-state index contributed by atoms with van der Waals surface area (Å²) in [7, 11) is 0. The maximum Gasteiger partial charge on any atom is 0.248 e. The van der Waals surface area contributed by atoms with E-state index in [4.69, 9.17) is 4.74 Å². The van der Waals surface area contributed by atoms with Gasteiger partial charge in [-0.25, -0.2) is 9.97 Å². The summed E-state index contributed by atoms with van der Waals surface area (Å²) in [6, 6.07) is 7.31. The number of rotatable bonds is 7. The Morgan fingerprint density at radius 3 is 3.12 bits per heavy atom. The van der Waals surface area contributed by atoms with Crippen LogP contribution in [-0.4, -0.2) is 27.0 Å². The van der Waals surface area contributed by atoms with E-state index in [-0.39, 0.29) is 5.91 Å². The number of nitrogens with one attached hydrogen (secondary N) is 1. The van der Waals surface area contributed by atoms with Gasteiger partial charge in [0.2, 0.25) is 5.91 Å². The highest BCUT2D eigenvalue weighted by atomic mass is 32.1. The summed E-state index contributed by atoms with van der Waals surface area (Å²) in [6.07, 6.45) is 10.2. The molecule has 7 heteroatoms. The smallest absolute Gasteiger partial charge is 0.248 e. The molecule has 2 aromatic heterocycles. The Bertz CT molecular complexity index is 798. The van der Waals surface area contributed by atoms with E-state index in [1.807, 2.05) is 34.3 Å². The molecule has 24 heavy (non-hydrogen) atoms. The quantitative estimate of drug-likeness (QED) is 0.671. The molecule has 2 heterocycles. The largest absolute Gasteiger partial charge is 0.492 e. The Labute approximate surface area is 143 Å². The van der Waals surface area contributed by atoms with E-state index in [2.05, 4.69) is 15.3 Å². The van der Waals surface area contributed by atoms with E-state index in [9.17, 15) is 4.79 Å². The average Bonchev–Trinajstić information content (AvgIpc) is 3.27. The number of thiazole rings is 1. The highest BCUT2D eigenvalue weighted by Crippen LogP contribution is 2.17. The molecule has 3 rings (SSSR count). The topological polar surface area (TPSA) is 69.0 Å². The van der Waals surface area contributed by atoms with Crippen molar-refractivity contribution in [3.8, 4) is 5.75 Å². The Hall–Kier alpha value is -2.93. The molecular weight excluding hydrogens is 324 g/mol. The van der Waals surface area contributed by atoms with Crippen molar-refractivity contribution in [3.63, 3.8) is 0 Å². The minimum absolute atomic E-state index is 0.208. The maximum absolute atomic E-state index is 11.9. The van der Waals surface area contributed by atoms with Crippen LogP contribution in [0, 0.1) is 0 Å². The summed E-state index contributed by atoms with van der Waals surface area (Å²) >= 11 is 1.48. The molecule has 0 saturated carbocycles. The second-order valence-electron chi connectivity index (χ2n) is 4.87. The zero-order chi connectivity index (χ0) is 16.6. The Morgan fingerprint density at radius 2 is 2.33 bits per heavy atom. The van der Waals surface area contributed by atoms with Crippen LogP contribution in [0.5, 0.6) is 5.75 Å². The van der Waals surface area contributed by atoms with E-state index in [1.54, 1.807) is 30.9 Å². The van der Waals surface area contributed by atoms with Gasteiger partial charge in [-0.2, -0.15) is 0 Å². The third-order valence-corrected chi connectivity index (χ3v) is 3.85. The number of nitrogens with zero attached hydrogens (tertiary/aromatic N) is 3. The lowest BCUT2D eigenvalue weighted by atomic mass is 10.3. The van der Waals surface area contributed by atoms with Gasteiger partial charge >= 0.3 is 0 Å². The number of hydrogen-bond acceptors (Lipinski definition) is 5. The van der Waals surface area contributed by atoms with Crippen molar-refractivity contribution in [3.05, 3.63) is 65.6 Å². The molecule has 1 amide bonds. The van der Waals surface area contributed by atoms with Gasteiger partial charge in [0, 0.05) is 41.8 Å². The Kier molecular flexibility index (Phi) is 5.36. The highest BCUT2D eigenvalue weighted by Gasteiger charge is 2.01. The number of hydrogen-bond donors (Lipinski definition) is 1. The standard InChI is InChI=1S/C17H16N4O2S/c22-16(4-5-17-19-7-11-24-17)20-14-2-1-3-15(12-14)23-10-9-21-8-6-18-13-21/h1-8,11-13H,9-10H2,(H,20,22)/b5-4-. The molecule has 0 bridgehead atoms. The van der Waals surface area contributed by atoms with Gasteiger partial charge in [0.1, 0.15) is 17.4 Å². The van der Waals surface area contributed by atoms with Gasteiger partial charge in [-0.3, -0.25) is 4.79 Å². The minimum Gasteiger partial charge on any atom is -0.492 e. The Balaban J connectivity index is 1.51. The molecule has 3 aromatic rings. The first-order chi connectivity index (χ1) is 11.8. The number of amides is 1. The molecular formula is C17H16N4O2S. The first-order valence-electron chi connectivity index (χ1n) is 7.37. The fourth-order valence-corrected chi connectivity index (χ4v) is 2.53. The third-order valence-electron chi connectivity index (χ3n) is 3.11. The van der Waals surface area contributed by atoms with Crippen molar-refractivity contribution in [1.82, 2.24) is 14.5 Å². The lowest BCUT2D eigenvalue weighted by Crippen LogP contribution is -2.09. The van der Waals surface area contributed by atoms with Crippen LogP contribution >= 0.6 is 11.3 Å². The van der Waals surface area contributed by atoms with Crippen LogP contribution < -0.4 is 10.1 Å². The minimum atomic E-state index is -0.208. The second kappa shape index (κ2) is 8.07. The molecule has 0 aliphatic rings. The number of carbonyl (C=O) groups is 1. The molecule has 1 aromatic carbocycles. The zero-order valence-electron chi connectivity index (χ0n) is 12.8. The second-order valence-corrected chi connectivity index (χ2v) is 5.80. The number of ether oxygens (including phenoxy) is 1. The van der Waals surface area contributed by atoms with Crippen LogP contribution in [0.1, 0.15) is 5.01 Å². The van der Waals surface area contributed by atoms with Crippen molar-refractivity contribution in [2.24, 2.45) is 0 Å². The predicted molar refractivity (Wildman–Crippen MR) is 93.9 cm³/mol. The Morgan fingerprint density at radius 1 is 1.38 bits per heavy atom. The lowest BCUT2D eigenvalue weighted by molar-refractivity contribution is -0.111. The van der Waals surface area contributed by atoms with E-state index < -0.39 is 0 Å². The summed E-state index contributed by atoms with van der Waals surface area (Å²) in [5.74, 6) is 0.498. The number of imidazole rings is 1. The summed E-state index contributed by atoms with van der Waals surface area (Å²) < 4.78 is 7.63. The number of anilines is 1. The van der Waals surface area contributed by atoms with Crippen molar-refractivity contribution in [2.75, 3.05) is 11.9 Å². The number of carbonyl (C=O) groups excluding carboxylic acids is 1. The van der Waals surface area contributed by atoms with Crippen molar-refractivity contribution in [1.29, 1.82) is 0 Å². The van der Waals surface area contributed by atoms with Crippen LogP contribution in [0.2, 0.25) is 0 Å². The summed E-state index contributed by atoms with van der Waals surface area (Å²) in [5.41, 5.74) is 0.684. The fourth-order valence-electron chi connectivity index (χ4n) is 2.00. The van der Waals surface area contributed by atoms with Gasteiger partial charge in [0.15, 0.2) is 0 Å². The highest BCUT2D eigenvalue weighted by molar-refractivity contribution is 7.10. The predicted octanol–water partition coefficient (Wildman–Crippen LogP) is 3.07. The van der Waals surface area contributed by atoms with Gasteiger partial charge in [0.05, 0.1) is 12.9 Å². The first-order valence-corrected chi connectivity index (χ1v) is 8.25.